The van der Waals surface area contributed by atoms with Crippen molar-refractivity contribution < 1.29 is 28.4 Å². The summed E-state index contributed by atoms with van der Waals surface area (Å²) in [6.07, 6.45) is 5.02. The molecule has 7 heteroatoms. The molecular weight excluding hydrogens is 440 g/mol. The summed E-state index contributed by atoms with van der Waals surface area (Å²) in [6.45, 7) is 2.77. The molecular formula is C26H36O6S. The normalized spacial score (nSPS) is 19.9. The van der Waals surface area contributed by atoms with Crippen LogP contribution in [0.3, 0.4) is 0 Å². The fourth-order valence-electron chi connectivity index (χ4n) is 4.79. The minimum atomic E-state index is 0.00892. The van der Waals surface area contributed by atoms with E-state index in [0.717, 1.165) is 41.2 Å². The molecule has 0 heterocycles. The molecule has 1 aliphatic rings. The lowest BCUT2D eigenvalue weighted by Crippen LogP contribution is -2.21. The van der Waals surface area contributed by atoms with Crippen molar-refractivity contribution in [2.45, 2.75) is 49.0 Å². The average molecular weight is 477 g/mol. The molecule has 0 amide bonds. The maximum atomic E-state index is 6.10. The molecule has 0 spiro atoms. The van der Waals surface area contributed by atoms with Crippen molar-refractivity contribution in [3.8, 4) is 28.7 Å². The smallest absolute Gasteiger partial charge is 0.203 e. The summed E-state index contributed by atoms with van der Waals surface area (Å²) in [5.74, 6) is 3.96. The van der Waals surface area contributed by atoms with Crippen LogP contribution in [-0.2, 0) is 4.74 Å². The third kappa shape index (κ3) is 5.14. The van der Waals surface area contributed by atoms with E-state index in [2.05, 4.69) is 25.3 Å². The van der Waals surface area contributed by atoms with Crippen LogP contribution in [0.4, 0.5) is 0 Å². The second-order valence-corrected chi connectivity index (χ2v) is 8.90. The average Bonchev–Trinajstić information content (AvgIpc) is 3.30. The van der Waals surface area contributed by atoms with Crippen molar-refractivity contribution in [2.24, 2.45) is 0 Å². The van der Waals surface area contributed by atoms with Gasteiger partial charge in [0.15, 0.2) is 23.0 Å². The van der Waals surface area contributed by atoms with E-state index in [-0.39, 0.29) is 17.9 Å². The molecule has 0 radical (unpaired) electrons. The van der Waals surface area contributed by atoms with Crippen molar-refractivity contribution >= 4 is 11.8 Å². The van der Waals surface area contributed by atoms with E-state index in [1.54, 1.807) is 47.3 Å². The highest BCUT2D eigenvalue weighted by molar-refractivity contribution is 7.98. The lowest BCUT2D eigenvalue weighted by molar-refractivity contribution is 0.0804. The predicted octanol–water partition coefficient (Wildman–Crippen LogP) is 5.91. The van der Waals surface area contributed by atoms with Crippen LogP contribution in [0.25, 0.3) is 0 Å². The molecule has 3 atom stereocenters. The highest BCUT2D eigenvalue weighted by Crippen LogP contribution is 2.50. The van der Waals surface area contributed by atoms with Gasteiger partial charge in [-0.15, -0.1) is 11.8 Å². The van der Waals surface area contributed by atoms with Crippen LogP contribution in [0.1, 0.15) is 49.1 Å². The monoisotopic (exact) mass is 476 g/mol. The van der Waals surface area contributed by atoms with Gasteiger partial charge in [0, 0.05) is 18.9 Å². The Hall–Kier alpha value is -2.25. The van der Waals surface area contributed by atoms with Gasteiger partial charge >= 0.3 is 0 Å². The third-order valence-electron chi connectivity index (χ3n) is 6.33. The molecule has 0 saturated heterocycles. The molecule has 182 valence electrons. The van der Waals surface area contributed by atoms with Crippen LogP contribution in [-0.4, -0.2) is 54.5 Å². The quantitative estimate of drug-likeness (QED) is 0.374. The molecule has 1 aliphatic carbocycles. The third-order valence-corrected chi connectivity index (χ3v) is 7.07. The van der Waals surface area contributed by atoms with Crippen molar-refractivity contribution in [3.63, 3.8) is 0 Å². The SMILES string of the molecule is CCCOc1c(OC)cc([C@@H]2CC[C@@H](c3cc(OC)c(OC)c(OC)c3)C2OC)cc1SC. The number of hydrogen-bond acceptors (Lipinski definition) is 7. The van der Waals surface area contributed by atoms with Gasteiger partial charge in [0.1, 0.15) is 0 Å². The van der Waals surface area contributed by atoms with E-state index in [9.17, 15) is 0 Å². The molecule has 6 nitrogen and oxygen atoms in total. The van der Waals surface area contributed by atoms with Gasteiger partial charge < -0.3 is 28.4 Å². The van der Waals surface area contributed by atoms with Gasteiger partial charge in [-0.05, 0) is 60.9 Å². The number of ether oxygens (including phenoxy) is 6. The molecule has 1 saturated carbocycles. The molecule has 0 aliphatic heterocycles. The first-order valence-electron chi connectivity index (χ1n) is 11.3. The van der Waals surface area contributed by atoms with Crippen molar-refractivity contribution in [2.75, 3.05) is 48.4 Å². The second-order valence-electron chi connectivity index (χ2n) is 8.05. The Morgan fingerprint density at radius 2 is 1.27 bits per heavy atom. The first kappa shape index (κ1) is 25.4. The number of rotatable bonds is 11. The van der Waals surface area contributed by atoms with Gasteiger partial charge in [-0.2, -0.15) is 0 Å². The predicted molar refractivity (Wildman–Crippen MR) is 132 cm³/mol. The Morgan fingerprint density at radius 3 is 1.70 bits per heavy atom. The van der Waals surface area contributed by atoms with E-state index in [1.807, 2.05) is 12.1 Å². The van der Waals surface area contributed by atoms with Gasteiger partial charge in [0.25, 0.3) is 0 Å². The topological polar surface area (TPSA) is 55.4 Å². The van der Waals surface area contributed by atoms with Crippen molar-refractivity contribution in [1.29, 1.82) is 0 Å². The Morgan fingerprint density at radius 1 is 0.758 bits per heavy atom. The van der Waals surface area contributed by atoms with Gasteiger partial charge in [-0.25, -0.2) is 0 Å². The molecule has 0 aromatic heterocycles. The standard InChI is InChI=1S/C26H36O6S/c1-8-11-32-26-22(29-4)14-17(15-23(26)33-7)19-10-9-18(24(19)30-5)16-12-20(27-2)25(31-6)21(13-16)28-3/h12-15,18-19,24H,8-11H2,1-7H3/t18-,19-,24?/m0/s1. The van der Waals surface area contributed by atoms with Crippen LogP contribution in [0.2, 0.25) is 0 Å². The van der Waals surface area contributed by atoms with Crippen LogP contribution in [0.15, 0.2) is 29.2 Å². The Balaban J connectivity index is 1.98. The molecule has 2 aromatic rings. The van der Waals surface area contributed by atoms with Gasteiger partial charge in [-0.3, -0.25) is 0 Å². The van der Waals surface area contributed by atoms with Crippen LogP contribution < -0.4 is 23.7 Å². The van der Waals surface area contributed by atoms with Gasteiger partial charge in [-0.1, -0.05) is 6.92 Å². The van der Waals surface area contributed by atoms with Crippen LogP contribution in [0, 0.1) is 0 Å². The summed E-state index contributed by atoms with van der Waals surface area (Å²) in [6, 6.07) is 8.41. The zero-order chi connectivity index (χ0) is 24.0. The molecule has 1 unspecified atom stereocenters. The Labute approximate surface area is 201 Å². The van der Waals surface area contributed by atoms with Crippen LogP contribution >= 0.6 is 11.8 Å². The Kier molecular flexibility index (Phi) is 9.03. The molecule has 0 bridgehead atoms. The highest BCUT2D eigenvalue weighted by Gasteiger charge is 2.39. The molecule has 3 rings (SSSR count). The molecule has 0 N–H and O–H groups in total. The first-order valence-corrected chi connectivity index (χ1v) is 12.5. The van der Waals surface area contributed by atoms with Gasteiger partial charge in [0.05, 0.1) is 46.0 Å². The van der Waals surface area contributed by atoms with E-state index in [0.29, 0.717) is 23.9 Å². The molecule has 2 aromatic carbocycles. The zero-order valence-corrected chi connectivity index (χ0v) is 21.5. The Bertz CT molecular complexity index is 881. The summed E-state index contributed by atoms with van der Waals surface area (Å²) in [7, 11) is 8.40. The zero-order valence-electron chi connectivity index (χ0n) is 20.7. The number of benzene rings is 2. The minimum Gasteiger partial charge on any atom is -0.493 e. The summed E-state index contributed by atoms with van der Waals surface area (Å²) in [5.41, 5.74) is 2.33. The minimum absolute atomic E-state index is 0.00892. The number of hydrogen-bond donors (Lipinski definition) is 0. The summed E-state index contributed by atoms with van der Waals surface area (Å²) in [4.78, 5) is 1.09. The molecule has 1 fully saturated rings. The van der Waals surface area contributed by atoms with Crippen molar-refractivity contribution in [1.82, 2.24) is 0 Å². The summed E-state index contributed by atoms with van der Waals surface area (Å²) >= 11 is 1.68. The van der Waals surface area contributed by atoms with E-state index >= 15 is 0 Å². The van der Waals surface area contributed by atoms with E-state index < -0.39 is 0 Å². The first-order chi connectivity index (χ1) is 16.1. The fraction of sp³-hybridized carbons (Fsp3) is 0.538. The number of thioether (sulfide) groups is 1. The summed E-state index contributed by atoms with van der Waals surface area (Å²) < 4.78 is 34.5. The maximum absolute atomic E-state index is 6.10. The lowest BCUT2D eigenvalue weighted by Gasteiger charge is -2.26. The van der Waals surface area contributed by atoms with Crippen molar-refractivity contribution in [3.05, 3.63) is 35.4 Å². The lowest BCUT2D eigenvalue weighted by atomic mass is 9.89. The number of methoxy groups -OCH3 is 5. The second kappa shape index (κ2) is 11.7. The van der Waals surface area contributed by atoms with Crippen LogP contribution in [0.5, 0.6) is 28.7 Å². The molecule has 33 heavy (non-hydrogen) atoms. The summed E-state index contributed by atoms with van der Waals surface area (Å²) in [5, 5.41) is 0. The fourth-order valence-corrected chi connectivity index (χ4v) is 5.38. The van der Waals surface area contributed by atoms with Gasteiger partial charge in [0.2, 0.25) is 5.75 Å². The van der Waals surface area contributed by atoms with E-state index in [4.69, 9.17) is 28.4 Å². The largest absolute Gasteiger partial charge is 0.493 e. The maximum Gasteiger partial charge on any atom is 0.203 e. The van der Waals surface area contributed by atoms with E-state index in [1.165, 1.54) is 5.56 Å². The highest BCUT2D eigenvalue weighted by atomic mass is 32.2.